The van der Waals surface area contributed by atoms with Crippen LogP contribution in [0.1, 0.15) is 104 Å². The van der Waals surface area contributed by atoms with Crippen LogP contribution in [0.5, 0.6) is 0 Å². The summed E-state index contributed by atoms with van der Waals surface area (Å²) in [5.74, 6) is -0.678. The fourth-order valence-corrected chi connectivity index (χ4v) is 4.20. The summed E-state index contributed by atoms with van der Waals surface area (Å²) in [6, 6.07) is 0. The maximum absolute atomic E-state index is 13.1. The molecule has 0 saturated carbocycles. The molecule has 0 fully saturated rings. The largest absolute Gasteiger partial charge is 0.516 e. The molecule has 0 unspecified atom stereocenters. The molecule has 0 saturated heterocycles. The van der Waals surface area contributed by atoms with Crippen molar-refractivity contribution in [1.29, 1.82) is 0 Å². The van der Waals surface area contributed by atoms with Crippen molar-refractivity contribution in [3.05, 3.63) is 25.3 Å². The number of hydrogen-bond acceptors (Lipinski definition) is 7. The number of carbonyl (C=O) groups is 3. The van der Waals surface area contributed by atoms with Crippen molar-refractivity contribution in [2.75, 3.05) is 39.4 Å². The summed E-state index contributed by atoms with van der Waals surface area (Å²) in [6.45, 7) is 12.8. The molecule has 8 heteroatoms. The maximum Gasteiger partial charge on any atom is 0.516 e. The van der Waals surface area contributed by atoms with Gasteiger partial charge in [-0.25, -0.2) is 4.48 Å². The van der Waals surface area contributed by atoms with Crippen LogP contribution in [0, 0.1) is 0 Å². The minimum atomic E-state index is -0.860. The highest BCUT2D eigenvalue weighted by molar-refractivity contribution is 5.70. The second kappa shape index (κ2) is 23.9. The molecule has 8 nitrogen and oxygen atoms in total. The van der Waals surface area contributed by atoms with Gasteiger partial charge in [-0.15, -0.1) is 13.2 Å². The SMILES string of the molecule is C=CCCCCCCCC(=O)OCC(COC(=O)CCCCCCCC=C)OC(=O)[N+](CC)(CC)CCN. The average molecular weight is 540 g/mol. The molecule has 0 aliphatic heterocycles. The lowest BCUT2D eigenvalue weighted by Crippen LogP contribution is -2.56. The molecule has 220 valence electrons. The van der Waals surface area contributed by atoms with E-state index in [9.17, 15) is 14.4 Å². The molecule has 0 heterocycles. The van der Waals surface area contributed by atoms with Crippen molar-refractivity contribution in [2.24, 2.45) is 5.73 Å². The van der Waals surface area contributed by atoms with Crippen LogP contribution < -0.4 is 5.73 Å². The Hall–Kier alpha value is -2.19. The highest BCUT2D eigenvalue weighted by atomic mass is 16.6. The summed E-state index contributed by atoms with van der Waals surface area (Å²) in [5, 5.41) is 0. The van der Waals surface area contributed by atoms with Crippen LogP contribution in [0.4, 0.5) is 4.79 Å². The number of quaternary nitrogens is 1. The third kappa shape index (κ3) is 17.3. The number of carbonyl (C=O) groups excluding carboxylic acids is 3. The summed E-state index contributed by atoms with van der Waals surface area (Å²) in [7, 11) is 0. The zero-order valence-electron chi connectivity index (χ0n) is 24.3. The molecule has 0 aromatic rings. The molecular formula is C30H55N2O6+. The normalized spacial score (nSPS) is 11.3. The fraction of sp³-hybridized carbons (Fsp3) is 0.767. The Morgan fingerprint density at radius 2 is 1.16 bits per heavy atom. The third-order valence-electron chi connectivity index (χ3n) is 6.86. The lowest BCUT2D eigenvalue weighted by molar-refractivity contribution is -0.853. The van der Waals surface area contributed by atoms with Gasteiger partial charge in [-0.1, -0.05) is 50.7 Å². The molecule has 0 atom stereocenters. The number of unbranched alkanes of at least 4 members (excludes halogenated alkanes) is 10. The van der Waals surface area contributed by atoms with Crippen molar-refractivity contribution in [3.63, 3.8) is 0 Å². The number of nitrogens with two attached hydrogens (primary N) is 1. The van der Waals surface area contributed by atoms with Crippen LogP contribution in [0.2, 0.25) is 0 Å². The predicted molar refractivity (Wildman–Crippen MR) is 152 cm³/mol. The van der Waals surface area contributed by atoms with Gasteiger partial charge in [0.2, 0.25) is 0 Å². The van der Waals surface area contributed by atoms with Gasteiger partial charge in [0.15, 0.2) is 6.10 Å². The van der Waals surface area contributed by atoms with Crippen molar-refractivity contribution >= 4 is 18.0 Å². The number of esters is 2. The van der Waals surface area contributed by atoms with Crippen LogP contribution in [0.25, 0.3) is 0 Å². The Morgan fingerprint density at radius 1 is 0.737 bits per heavy atom. The monoisotopic (exact) mass is 539 g/mol. The molecule has 1 amide bonds. The van der Waals surface area contributed by atoms with Crippen LogP contribution in [-0.4, -0.2) is 68.0 Å². The first-order valence-corrected chi connectivity index (χ1v) is 14.7. The molecule has 0 aromatic heterocycles. The minimum Gasteiger partial charge on any atom is -0.462 e. The second-order valence-electron chi connectivity index (χ2n) is 9.85. The van der Waals surface area contributed by atoms with E-state index in [0.717, 1.165) is 77.0 Å². The second-order valence-corrected chi connectivity index (χ2v) is 9.85. The molecule has 0 radical (unpaired) electrons. The van der Waals surface area contributed by atoms with Gasteiger partial charge in [-0.05, 0) is 52.4 Å². The first kappa shape index (κ1) is 35.8. The summed E-state index contributed by atoms with van der Waals surface area (Å²) in [5.41, 5.74) is 5.74. The first-order valence-electron chi connectivity index (χ1n) is 14.7. The topological polar surface area (TPSA) is 105 Å². The first-order chi connectivity index (χ1) is 18.4. The molecule has 38 heavy (non-hydrogen) atoms. The Labute approximate surface area is 231 Å². The number of amides is 1. The van der Waals surface area contributed by atoms with Gasteiger partial charge < -0.3 is 19.9 Å². The Balaban J connectivity index is 4.74. The van der Waals surface area contributed by atoms with Crippen molar-refractivity contribution in [2.45, 2.75) is 110 Å². The smallest absolute Gasteiger partial charge is 0.462 e. The van der Waals surface area contributed by atoms with E-state index in [0.29, 0.717) is 39.0 Å². The lowest BCUT2D eigenvalue weighted by atomic mass is 10.1. The molecule has 0 bridgehead atoms. The highest BCUT2D eigenvalue weighted by Crippen LogP contribution is 2.14. The lowest BCUT2D eigenvalue weighted by Gasteiger charge is -2.33. The number of rotatable bonds is 25. The molecule has 0 aliphatic carbocycles. The van der Waals surface area contributed by atoms with Gasteiger partial charge in [-0.3, -0.25) is 9.59 Å². The number of ether oxygens (including phenoxy) is 3. The number of allylic oxidation sites excluding steroid dienone is 2. The number of likely N-dealkylation sites (N-methyl/N-ethyl adjacent to an activating group) is 1. The van der Waals surface area contributed by atoms with Crippen LogP contribution in [0.15, 0.2) is 25.3 Å². The summed E-state index contributed by atoms with van der Waals surface area (Å²) >= 11 is 0. The van der Waals surface area contributed by atoms with Gasteiger partial charge >= 0.3 is 18.0 Å². The van der Waals surface area contributed by atoms with E-state index in [2.05, 4.69) is 13.2 Å². The number of nitrogens with zero attached hydrogens (tertiary/aromatic N) is 1. The van der Waals surface area contributed by atoms with Crippen LogP contribution in [-0.2, 0) is 23.8 Å². The standard InChI is InChI=1S/C30H55N2O6/c1-5-9-11-13-15-17-19-21-28(33)36-25-27(38-30(35)32(7-3,8-4)24-23-31)26-37-29(34)22-20-18-16-14-12-10-6-2/h5-6,27H,1-2,7-26,31H2,3-4H3/q+1. The minimum absolute atomic E-state index is 0.0621. The Kier molecular flexibility index (Phi) is 22.5. The van der Waals surface area contributed by atoms with E-state index in [1.165, 1.54) is 0 Å². The van der Waals surface area contributed by atoms with E-state index in [1.54, 1.807) is 0 Å². The Bertz CT molecular complexity index is 625. The van der Waals surface area contributed by atoms with E-state index < -0.39 is 12.2 Å². The molecule has 0 rings (SSSR count). The van der Waals surface area contributed by atoms with Gasteiger partial charge in [0.05, 0.1) is 13.1 Å². The zero-order valence-corrected chi connectivity index (χ0v) is 24.3. The zero-order chi connectivity index (χ0) is 28.5. The van der Waals surface area contributed by atoms with Gasteiger partial charge in [0.25, 0.3) is 0 Å². The summed E-state index contributed by atoms with van der Waals surface area (Å²) in [6.07, 6.45) is 15.2. The Morgan fingerprint density at radius 3 is 1.55 bits per heavy atom. The third-order valence-corrected chi connectivity index (χ3v) is 6.86. The van der Waals surface area contributed by atoms with E-state index in [-0.39, 0.29) is 29.6 Å². The quantitative estimate of drug-likeness (QED) is 0.0482. The maximum atomic E-state index is 13.1. The van der Waals surface area contributed by atoms with E-state index in [4.69, 9.17) is 19.9 Å². The predicted octanol–water partition coefficient (Wildman–Crippen LogP) is 6.23. The van der Waals surface area contributed by atoms with Gasteiger partial charge in [-0.2, -0.15) is 4.79 Å². The van der Waals surface area contributed by atoms with Crippen molar-refractivity contribution in [1.82, 2.24) is 0 Å². The van der Waals surface area contributed by atoms with Gasteiger partial charge in [0, 0.05) is 19.4 Å². The number of hydrogen-bond donors (Lipinski definition) is 1. The molecule has 0 aromatic carbocycles. The summed E-state index contributed by atoms with van der Waals surface area (Å²) < 4.78 is 16.6. The molecule has 0 spiro atoms. The average Bonchev–Trinajstić information content (AvgIpc) is 2.92. The van der Waals surface area contributed by atoms with Crippen LogP contribution >= 0.6 is 0 Å². The van der Waals surface area contributed by atoms with E-state index in [1.807, 2.05) is 26.0 Å². The van der Waals surface area contributed by atoms with E-state index >= 15 is 0 Å². The van der Waals surface area contributed by atoms with Crippen LogP contribution in [0.3, 0.4) is 0 Å². The molecule has 2 N–H and O–H groups in total. The highest BCUT2D eigenvalue weighted by Gasteiger charge is 2.37. The molecule has 0 aliphatic rings. The summed E-state index contributed by atoms with van der Waals surface area (Å²) in [4.78, 5) is 37.6. The molecular weight excluding hydrogens is 484 g/mol. The van der Waals surface area contributed by atoms with Crippen molar-refractivity contribution < 1.29 is 33.1 Å². The van der Waals surface area contributed by atoms with Gasteiger partial charge in [0.1, 0.15) is 19.8 Å². The van der Waals surface area contributed by atoms with Crippen molar-refractivity contribution in [3.8, 4) is 0 Å². The fourth-order valence-electron chi connectivity index (χ4n) is 4.20.